The molecule has 1 fully saturated rings. The smallest absolute Gasteiger partial charge is 0.266 e. The van der Waals surface area contributed by atoms with Gasteiger partial charge < -0.3 is 20.0 Å². The fraction of sp³-hybridized carbons (Fsp3) is 0.308. The molecule has 3 N–H and O–H groups in total. The number of nitrogens with one attached hydrogen (secondary N) is 3. The summed E-state index contributed by atoms with van der Waals surface area (Å²) in [5.74, 6) is -0.156. The molecule has 0 spiro atoms. The van der Waals surface area contributed by atoms with Crippen LogP contribution in [0.25, 0.3) is 11.1 Å². The van der Waals surface area contributed by atoms with Gasteiger partial charge in [0, 0.05) is 24.6 Å². The number of hydrogen-bond acceptors (Lipinski definition) is 4. The lowest BCUT2D eigenvalue weighted by Crippen LogP contribution is -2.47. The Kier molecular flexibility index (Phi) is 3.27. The van der Waals surface area contributed by atoms with Crippen molar-refractivity contribution in [3.63, 3.8) is 0 Å². The first-order valence-electron chi connectivity index (χ1n) is 6.32. The van der Waals surface area contributed by atoms with Crippen LogP contribution in [0.3, 0.4) is 0 Å². The maximum absolute atomic E-state index is 12.1. The second-order valence-electron chi connectivity index (χ2n) is 4.74. The van der Waals surface area contributed by atoms with Crippen molar-refractivity contribution < 1.29 is 14.0 Å². The van der Waals surface area contributed by atoms with E-state index in [1.807, 2.05) is 0 Å². The van der Waals surface area contributed by atoms with E-state index in [9.17, 15) is 9.59 Å². The van der Waals surface area contributed by atoms with Crippen molar-refractivity contribution in [3.05, 3.63) is 28.6 Å². The van der Waals surface area contributed by atoms with Crippen LogP contribution in [0.15, 0.2) is 22.6 Å². The molecule has 6 nitrogen and oxygen atoms in total. The summed E-state index contributed by atoms with van der Waals surface area (Å²) in [6.45, 7) is 0.470. The summed E-state index contributed by atoms with van der Waals surface area (Å²) in [7, 11) is 0. The standard InChI is InChI=1S/C13H13N3O3S/c17-11-4-2-8(6-14-11)15-12(18)7-1-3-9-10(5-7)19-13(20)16-9/h1,3,5,8H,2,4,6H2,(H,14,17)(H,15,18)(H,16,20). The number of aromatic amines is 1. The molecule has 1 aromatic carbocycles. The summed E-state index contributed by atoms with van der Waals surface area (Å²) >= 11 is 4.90. The molecule has 1 unspecified atom stereocenters. The van der Waals surface area contributed by atoms with E-state index >= 15 is 0 Å². The van der Waals surface area contributed by atoms with Crippen molar-refractivity contribution >= 4 is 35.1 Å². The molecule has 1 aliphatic rings. The van der Waals surface area contributed by atoms with E-state index in [1.54, 1.807) is 18.2 Å². The summed E-state index contributed by atoms with van der Waals surface area (Å²) in [6.07, 6.45) is 1.10. The zero-order valence-corrected chi connectivity index (χ0v) is 11.4. The molecule has 20 heavy (non-hydrogen) atoms. The minimum atomic E-state index is -0.185. The van der Waals surface area contributed by atoms with Gasteiger partial charge in [-0.1, -0.05) is 0 Å². The first-order chi connectivity index (χ1) is 9.61. The van der Waals surface area contributed by atoms with Crippen molar-refractivity contribution in [2.24, 2.45) is 0 Å². The second-order valence-corrected chi connectivity index (χ2v) is 5.11. The Hall–Kier alpha value is -2.15. The summed E-state index contributed by atoms with van der Waals surface area (Å²) in [5.41, 5.74) is 1.82. The largest absolute Gasteiger partial charge is 0.429 e. The van der Waals surface area contributed by atoms with Gasteiger partial charge in [-0.05, 0) is 36.8 Å². The van der Waals surface area contributed by atoms with Gasteiger partial charge in [-0.2, -0.15) is 0 Å². The monoisotopic (exact) mass is 291 g/mol. The number of carbonyl (C=O) groups excluding carboxylic acids is 2. The van der Waals surface area contributed by atoms with E-state index in [-0.39, 0.29) is 22.7 Å². The fourth-order valence-corrected chi connectivity index (χ4v) is 2.41. The molecular formula is C13H13N3O3S. The number of piperidine rings is 1. The fourth-order valence-electron chi connectivity index (χ4n) is 2.21. The Morgan fingerprint density at radius 3 is 3.05 bits per heavy atom. The Labute approximate surface area is 119 Å². The number of carbonyl (C=O) groups is 2. The van der Waals surface area contributed by atoms with Gasteiger partial charge in [0.05, 0.1) is 5.52 Å². The molecule has 0 aliphatic carbocycles. The molecule has 104 valence electrons. The molecule has 1 aromatic heterocycles. The predicted octanol–water partition coefficient (Wildman–Crippen LogP) is 1.50. The van der Waals surface area contributed by atoms with E-state index in [0.717, 1.165) is 5.52 Å². The van der Waals surface area contributed by atoms with E-state index < -0.39 is 0 Å². The van der Waals surface area contributed by atoms with E-state index in [1.165, 1.54) is 0 Å². The third-order valence-electron chi connectivity index (χ3n) is 3.28. The third-order valence-corrected chi connectivity index (χ3v) is 3.47. The lowest BCUT2D eigenvalue weighted by molar-refractivity contribution is -0.122. The number of fused-ring (bicyclic) bond motifs is 1. The maximum Gasteiger partial charge on any atom is 0.266 e. The van der Waals surface area contributed by atoms with Crippen LogP contribution in [-0.4, -0.2) is 29.4 Å². The van der Waals surface area contributed by atoms with Crippen LogP contribution in [0.2, 0.25) is 0 Å². The van der Waals surface area contributed by atoms with Gasteiger partial charge in [0.2, 0.25) is 5.91 Å². The number of benzene rings is 1. The number of oxazole rings is 1. The summed E-state index contributed by atoms with van der Waals surface area (Å²) in [5, 5.41) is 5.63. The molecule has 1 atom stereocenters. The molecule has 2 aromatic rings. The van der Waals surface area contributed by atoms with Crippen LogP contribution in [0.5, 0.6) is 0 Å². The highest BCUT2D eigenvalue weighted by molar-refractivity contribution is 7.71. The van der Waals surface area contributed by atoms with Gasteiger partial charge in [-0.25, -0.2) is 0 Å². The SMILES string of the molecule is O=C1CCC(NC(=O)c2ccc3[nH]c(=S)oc3c2)CN1. The van der Waals surface area contributed by atoms with Crippen LogP contribution < -0.4 is 10.6 Å². The zero-order valence-electron chi connectivity index (χ0n) is 10.6. The van der Waals surface area contributed by atoms with E-state index in [4.69, 9.17) is 16.6 Å². The topological polar surface area (TPSA) is 87.1 Å². The first kappa shape index (κ1) is 12.9. The molecule has 2 amide bonds. The quantitative estimate of drug-likeness (QED) is 0.732. The molecular weight excluding hydrogens is 278 g/mol. The summed E-state index contributed by atoms with van der Waals surface area (Å²) in [6, 6.07) is 5.08. The summed E-state index contributed by atoms with van der Waals surface area (Å²) < 4.78 is 5.29. The van der Waals surface area contributed by atoms with Crippen LogP contribution >= 0.6 is 12.2 Å². The molecule has 0 radical (unpaired) electrons. The van der Waals surface area contributed by atoms with Crippen molar-refractivity contribution in [2.75, 3.05) is 6.54 Å². The third kappa shape index (κ3) is 2.57. The normalized spacial score (nSPS) is 18.8. The highest BCUT2D eigenvalue weighted by atomic mass is 32.1. The van der Waals surface area contributed by atoms with Gasteiger partial charge in [-0.15, -0.1) is 0 Å². The molecule has 3 rings (SSSR count). The second kappa shape index (κ2) is 5.09. The Morgan fingerprint density at radius 2 is 2.30 bits per heavy atom. The Morgan fingerprint density at radius 1 is 1.45 bits per heavy atom. The molecule has 0 saturated carbocycles. The van der Waals surface area contributed by atoms with Crippen molar-refractivity contribution in [3.8, 4) is 0 Å². The maximum atomic E-state index is 12.1. The average molecular weight is 291 g/mol. The lowest BCUT2D eigenvalue weighted by Gasteiger charge is -2.23. The molecule has 7 heteroatoms. The molecule has 1 saturated heterocycles. The highest BCUT2D eigenvalue weighted by Gasteiger charge is 2.20. The predicted molar refractivity (Wildman–Crippen MR) is 74.9 cm³/mol. The van der Waals surface area contributed by atoms with Gasteiger partial charge >= 0.3 is 0 Å². The van der Waals surface area contributed by atoms with Crippen LogP contribution in [0, 0.1) is 4.84 Å². The highest BCUT2D eigenvalue weighted by Crippen LogP contribution is 2.15. The zero-order chi connectivity index (χ0) is 14.1. The van der Waals surface area contributed by atoms with Crippen molar-refractivity contribution in [1.82, 2.24) is 15.6 Å². The van der Waals surface area contributed by atoms with E-state index in [2.05, 4.69) is 15.6 Å². The van der Waals surface area contributed by atoms with Gasteiger partial charge in [0.25, 0.3) is 10.7 Å². The van der Waals surface area contributed by atoms with Crippen molar-refractivity contribution in [1.29, 1.82) is 0 Å². The number of aromatic nitrogens is 1. The molecule has 0 bridgehead atoms. The van der Waals surface area contributed by atoms with Crippen LogP contribution in [-0.2, 0) is 4.79 Å². The average Bonchev–Trinajstić information content (AvgIpc) is 2.80. The Bertz CT molecular complexity index is 724. The van der Waals surface area contributed by atoms with Gasteiger partial charge in [0.1, 0.15) is 0 Å². The van der Waals surface area contributed by atoms with Gasteiger partial charge in [0.15, 0.2) is 5.58 Å². The lowest BCUT2D eigenvalue weighted by atomic mass is 10.1. The number of amides is 2. The van der Waals surface area contributed by atoms with E-state index in [0.29, 0.717) is 30.5 Å². The van der Waals surface area contributed by atoms with Crippen molar-refractivity contribution in [2.45, 2.75) is 18.9 Å². The number of hydrogen-bond donors (Lipinski definition) is 3. The van der Waals surface area contributed by atoms with Crippen LogP contribution in [0.1, 0.15) is 23.2 Å². The number of rotatable bonds is 2. The number of H-pyrrole nitrogens is 1. The molecule has 2 heterocycles. The van der Waals surface area contributed by atoms with Gasteiger partial charge in [-0.3, -0.25) is 9.59 Å². The Balaban J connectivity index is 1.74. The minimum absolute atomic E-state index is 0.0287. The molecule has 1 aliphatic heterocycles. The first-order valence-corrected chi connectivity index (χ1v) is 6.73. The van der Waals surface area contributed by atoms with Crippen LogP contribution in [0.4, 0.5) is 0 Å². The summed E-state index contributed by atoms with van der Waals surface area (Å²) in [4.78, 5) is 26.4. The minimum Gasteiger partial charge on any atom is -0.429 e.